The lowest BCUT2D eigenvalue weighted by molar-refractivity contribution is -0.864. The van der Waals surface area contributed by atoms with Crippen molar-refractivity contribution in [1.29, 1.82) is 0 Å². The van der Waals surface area contributed by atoms with Crippen LogP contribution in [0.15, 0.2) is 48.5 Å². The lowest BCUT2D eigenvalue weighted by Gasteiger charge is -2.17. The zero-order valence-corrected chi connectivity index (χ0v) is 13.3. The number of carboxylic acids is 1. The number of rotatable bonds is 6. The predicted octanol–water partition coefficient (Wildman–Crippen LogP) is 1.65. The maximum absolute atomic E-state index is 11.6. The molecule has 0 bridgehead atoms. The van der Waals surface area contributed by atoms with Gasteiger partial charge in [-0.15, -0.1) is 0 Å². The topological polar surface area (TPSA) is 117 Å². The SMILES string of the molecule is NC(=O)CCC(Nc1c2ccccc2[n+](O)c2ccccc12)C(=O)O. The minimum Gasteiger partial charge on any atom is -0.480 e. The highest BCUT2D eigenvalue weighted by Crippen LogP contribution is 2.30. The molecular formula is C18H18N3O4+. The zero-order valence-electron chi connectivity index (χ0n) is 13.3. The van der Waals surface area contributed by atoms with Gasteiger partial charge in [-0.25, -0.2) is 4.79 Å². The van der Waals surface area contributed by atoms with Gasteiger partial charge < -0.3 is 16.2 Å². The van der Waals surface area contributed by atoms with Crippen molar-refractivity contribution in [2.75, 3.05) is 5.32 Å². The molecule has 2 aromatic carbocycles. The molecule has 128 valence electrons. The van der Waals surface area contributed by atoms with Gasteiger partial charge >= 0.3 is 5.97 Å². The van der Waals surface area contributed by atoms with E-state index in [9.17, 15) is 19.9 Å². The number of nitrogens with zero attached hydrogens (tertiary/aromatic N) is 1. The van der Waals surface area contributed by atoms with E-state index in [4.69, 9.17) is 5.73 Å². The number of nitrogens with two attached hydrogens (primary N) is 1. The van der Waals surface area contributed by atoms with E-state index in [1.165, 1.54) is 0 Å². The summed E-state index contributed by atoms with van der Waals surface area (Å²) in [6, 6.07) is 13.3. The first kappa shape index (κ1) is 16.5. The molecule has 1 unspecified atom stereocenters. The quantitative estimate of drug-likeness (QED) is 0.309. The second-order valence-corrected chi connectivity index (χ2v) is 5.76. The second kappa shape index (κ2) is 6.64. The predicted molar refractivity (Wildman–Crippen MR) is 92.3 cm³/mol. The molecule has 0 aliphatic heterocycles. The van der Waals surface area contributed by atoms with Gasteiger partial charge in [-0.2, -0.15) is 0 Å². The van der Waals surface area contributed by atoms with Gasteiger partial charge in [-0.05, 0) is 18.6 Å². The van der Waals surface area contributed by atoms with Crippen molar-refractivity contribution in [3.8, 4) is 0 Å². The van der Waals surface area contributed by atoms with Crippen molar-refractivity contribution < 1.29 is 24.6 Å². The van der Waals surface area contributed by atoms with E-state index >= 15 is 0 Å². The van der Waals surface area contributed by atoms with E-state index in [1.54, 1.807) is 36.4 Å². The van der Waals surface area contributed by atoms with Crippen molar-refractivity contribution in [3.05, 3.63) is 48.5 Å². The minimum atomic E-state index is -1.07. The first-order valence-corrected chi connectivity index (χ1v) is 7.81. The maximum atomic E-state index is 11.6. The smallest absolute Gasteiger partial charge is 0.326 e. The summed E-state index contributed by atoms with van der Waals surface area (Å²) in [5.74, 6) is -1.63. The van der Waals surface area contributed by atoms with Crippen molar-refractivity contribution in [3.63, 3.8) is 0 Å². The van der Waals surface area contributed by atoms with Crippen LogP contribution in [0.1, 0.15) is 12.8 Å². The van der Waals surface area contributed by atoms with Gasteiger partial charge in [0.2, 0.25) is 5.91 Å². The van der Waals surface area contributed by atoms with E-state index in [-0.39, 0.29) is 12.8 Å². The molecule has 1 atom stereocenters. The summed E-state index contributed by atoms with van der Waals surface area (Å²) in [6.45, 7) is 0. The number of benzene rings is 2. The Morgan fingerprint density at radius 1 is 1.04 bits per heavy atom. The maximum Gasteiger partial charge on any atom is 0.326 e. The number of carbonyl (C=O) groups is 2. The molecule has 0 saturated carbocycles. The number of carbonyl (C=O) groups excluding carboxylic acids is 1. The number of nitrogens with one attached hydrogen (secondary N) is 1. The molecule has 7 heteroatoms. The van der Waals surface area contributed by atoms with E-state index in [0.717, 1.165) is 4.73 Å². The third-order valence-electron chi connectivity index (χ3n) is 4.10. The molecule has 0 saturated heterocycles. The number of anilines is 1. The van der Waals surface area contributed by atoms with Crippen molar-refractivity contribution in [2.45, 2.75) is 18.9 Å². The summed E-state index contributed by atoms with van der Waals surface area (Å²) in [5.41, 5.74) is 6.82. The Morgan fingerprint density at radius 3 is 2.04 bits per heavy atom. The Morgan fingerprint density at radius 2 is 1.56 bits per heavy atom. The molecule has 1 heterocycles. The van der Waals surface area contributed by atoms with Crippen molar-refractivity contribution in [2.24, 2.45) is 5.73 Å². The van der Waals surface area contributed by atoms with Crippen LogP contribution in [-0.4, -0.2) is 28.2 Å². The van der Waals surface area contributed by atoms with E-state index in [2.05, 4.69) is 5.32 Å². The average Bonchev–Trinajstić information content (AvgIpc) is 2.60. The number of hydrogen-bond acceptors (Lipinski definition) is 4. The van der Waals surface area contributed by atoms with Gasteiger partial charge in [0, 0.05) is 23.3 Å². The number of primary amides is 1. The van der Waals surface area contributed by atoms with Crippen LogP contribution in [-0.2, 0) is 9.59 Å². The number of carboxylic acid groups (broad SMARTS) is 1. The van der Waals surface area contributed by atoms with Crippen LogP contribution < -0.4 is 15.8 Å². The molecule has 1 aromatic heterocycles. The summed E-state index contributed by atoms with van der Waals surface area (Å²) < 4.78 is 1.08. The summed E-state index contributed by atoms with van der Waals surface area (Å²) in [6.07, 6.45) is 0.0357. The fourth-order valence-corrected chi connectivity index (χ4v) is 2.89. The van der Waals surface area contributed by atoms with E-state index < -0.39 is 17.9 Å². The first-order valence-electron chi connectivity index (χ1n) is 7.81. The molecule has 0 fully saturated rings. The molecule has 0 radical (unpaired) electrons. The standard InChI is InChI=1S/C18H17N3O4/c19-16(22)10-9-13(18(23)24)20-17-11-5-1-3-7-14(11)21(25)15-8-4-2-6-12(15)17/h1-8,13,25H,9-10H2,(H3,19,22,23,24)/p+1. The molecule has 1 amide bonds. The molecule has 5 N–H and O–H groups in total. The summed E-state index contributed by atoms with van der Waals surface area (Å²) >= 11 is 0. The van der Waals surface area contributed by atoms with Gasteiger partial charge in [0.15, 0.2) is 0 Å². The Bertz CT molecular complexity index is 914. The van der Waals surface area contributed by atoms with Gasteiger partial charge in [0.1, 0.15) is 6.04 Å². The van der Waals surface area contributed by atoms with Crippen molar-refractivity contribution >= 4 is 39.4 Å². The van der Waals surface area contributed by atoms with Crippen LogP contribution in [0, 0.1) is 0 Å². The van der Waals surface area contributed by atoms with Crippen LogP contribution >= 0.6 is 0 Å². The number of hydrogen-bond donors (Lipinski definition) is 4. The van der Waals surface area contributed by atoms with E-state index in [1.807, 2.05) is 12.1 Å². The number of aromatic nitrogens is 1. The monoisotopic (exact) mass is 340 g/mol. The molecule has 7 nitrogen and oxygen atoms in total. The normalized spacial score (nSPS) is 12.2. The molecule has 3 aromatic rings. The average molecular weight is 340 g/mol. The Hall–Kier alpha value is -3.35. The molecule has 3 rings (SSSR count). The van der Waals surface area contributed by atoms with Crippen molar-refractivity contribution in [1.82, 2.24) is 0 Å². The highest BCUT2D eigenvalue weighted by molar-refractivity contribution is 6.05. The number of amides is 1. The highest BCUT2D eigenvalue weighted by atomic mass is 16.5. The summed E-state index contributed by atoms with van der Waals surface area (Å²) in [5, 5.41) is 24.3. The Kier molecular flexibility index (Phi) is 4.38. The fraction of sp³-hybridized carbons (Fsp3) is 0.167. The van der Waals surface area contributed by atoms with Crippen LogP contribution in [0.3, 0.4) is 0 Å². The van der Waals surface area contributed by atoms with E-state index in [0.29, 0.717) is 27.5 Å². The lowest BCUT2D eigenvalue weighted by atomic mass is 10.1. The third-order valence-corrected chi connectivity index (χ3v) is 4.10. The molecule has 0 aliphatic carbocycles. The number of pyridine rings is 1. The number of aliphatic carboxylic acids is 1. The molecule has 0 aliphatic rings. The summed E-state index contributed by atoms with van der Waals surface area (Å²) in [4.78, 5) is 22.6. The molecule has 0 spiro atoms. The highest BCUT2D eigenvalue weighted by Gasteiger charge is 2.24. The zero-order chi connectivity index (χ0) is 18.0. The first-order chi connectivity index (χ1) is 12.0. The second-order valence-electron chi connectivity index (χ2n) is 5.76. The van der Waals surface area contributed by atoms with Crippen LogP contribution in [0.5, 0.6) is 0 Å². The lowest BCUT2D eigenvalue weighted by Crippen LogP contribution is -2.34. The largest absolute Gasteiger partial charge is 0.480 e. The van der Waals surface area contributed by atoms with Gasteiger partial charge in [0.25, 0.3) is 11.0 Å². The van der Waals surface area contributed by atoms with Crippen LogP contribution in [0.4, 0.5) is 5.69 Å². The summed E-state index contributed by atoms with van der Waals surface area (Å²) in [7, 11) is 0. The minimum absolute atomic E-state index is 0.0351. The van der Waals surface area contributed by atoms with Gasteiger partial charge in [0.05, 0.1) is 16.5 Å². The Balaban J connectivity index is 2.17. The van der Waals surface area contributed by atoms with Gasteiger partial charge in [-0.1, -0.05) is 24.3 Å². The molecular weight excluding hydrogens is 322 g/mol. The number of para-hydroxylation sites is 2. The Labute approximate surface area is 143 Å². The number of fused-ring (bicyclic) bond motifs is 2. The fourth-order valence-electron chi connectivity index (χ4n) is 2.89. The van der Waals surface area contributed by atoms with Crippen LogP contribution in [0.25, 0.3) is 21.8 Å². The molecule has 25 heavy (non-hydrogen) atoms. The third kappa shape index (κ3) is 3.16. The van der Waals surface area contributed by atoms with Gasteiger partial charge in [-0.3, -0.25) is 10.0 Å². The van der Waals surface area contributed by atoms with Crippen LogP contribution in [0.2, 0.25) is 0 Å².